The molecule has 0 spiro atoms. The number of benzene rings is 2. The molecule has 2 amide bonds. The molecule has 0 bridgehead atoms. The summed E-state index contributed by atoms with van der Waals surface area (Å²) in [6, 6.07) is 14.6. The highest BCUT2D eigenvalue weighted by atomic mass is 32.1. The van der Waals surface area contributed by atoms with Crippen molar-refractivity contribution in [2.24, 2.45) is 0 Å². The standard InChI is InChI=1S/C23H22FN3O2S/c24-19-9-4-3-8-18(19)23-26-20(15-30-23)22(29)25-12-5-10-21(28)27-13-11-16-6-1-2-7-17(16)14-27/h1-4,6-9,15H,5,10-14H2,(H,25,29). The van der Waals surface area contributed by atoms with E-state index in [1.165, 1.54) is 28.5 Å². The van der Waals surface area contributed by atoms with Crippen LogP contribution in [0.3, 0.4) is 0 Å². The topological polar surface area (TPSA) is 62.3 Å². The van der Waals surface area contributed by atoms with Crippen LogP contribution in [0, 0.1) is 5.82 Å². The van der Waals surface area contributed by atoms with Gasteiger partial charge in [-0.25, -0.2) is 9.37 Å². The van der Waals surface area contributed by atoms with Gasteiger partial charge in [-0.05, 0) is 36.1 Å². The average Bonchev–Trinajstić information content (AvgIpc) is 3.26. The van der Waals surface area contributed by atoms with Gasteiger partial charge in [0, 0.05) is 37.0 Å². The lowest BCUT2D eigenvalue weighted by Crippen LogP contribution is -2.36. The number of carbonyl (C=O) groups excluding carboxylic acids is 2. The van der Waals surface area contributed by atoms with Gasteiger partial charge in [-0.15, -0.1) is 11.3 Å². The van der Waals surface area contributed by atoms with Gasteiger partial charge in [0.05, 0.1) is 0 Å². The predicted molar refractivity (Wildman–Crippen MR) is 115 cm³/mol. The molecular weight excluding hydrogens is 401 g/mol. The molecule has 5 nitrogen and oxygen atoms in total. The number of carbonyl (C=O) groups is 2. The number of rotatable bonds is 6. The molecule has 0 saturated carbocycles. The number of hydrogen-bond acceptors (Lipinski definition) is 4. The van der Waals surface area contributed by atoms with Crippen LogP contribution in [-0.2, 0) is 17.8 Å². The molecular formula is C23H22FN3O2S. The minimum Gasteiger partial charge on any atom is -0.351 e. The SMILES string of the molecule is O=C(NCCCC(=O)N1CCc2ccccc2C1)c1csc(-c2ccccc2F)n1. The molecule has 154 valence electrons. The molecule has 4 rings (SSSR count). The molecule has 1 aliphatic rings. The maximum absolute atomic E-state index is 13.9. The molecule has 0 atom stereocenters. The zero-order valence-corrected chi connectivity index (χ0v) is 17.3. The Morgan fingerprint density at radius 3 is 2.70 bits per heavy atom. The van der Waals surface area contributed by atoms with Gasteiger partial charge in [-0.2, -0.15) is 0 Å². The summed E-state index contributed by atoms with van der Waals surface area (Å²) in [6.45, 7) is 1.78. The van der Waals surface area contributed by atoms with Gasteiger partial charge in [0.25, 0.3) is 5.91 Å². The first-order chi connectivity index (χ1) is 14.6. The van der Waals surface area contributed by atoms with Crippen molar-refractivity contribution < 1.29 is 14.0 Å². The molecule has 2 heterocycles. The predicted octanol–water partition coefficient (Wildman–Crippen LogP) is 4.04. The second kappa shape index (κ2) is 9.17. The number of hydrogen-bond donors (Lipinski definition) is 1. The minimum absolute atomic E-state index is 0.106. The quantitative estimate of drug-likeness (QED) is 0.609. The first kappa shape index (κ1) is 20.2. The highest BCUT2D eigenvalue weighted by Gasteiger charge is 2.20. The summed E-state index contributed by atoms with van der Waals surface area (Å²) >= 11 is 1.23. The van der Waals surface area contributed by atoms with E-state index in [0.29, 0.717) is 36.5 Å². The number of aromatic nitrogens is 1. The lowest BCUT2D eigenvalue weighted by Gasteiger charge is -2.29. The molecule has 0 unspecified atom stereocenters. The van der Waals surface area contributed by atoms with Gasteiger partial charge in [0.2, 0.25) is 5.91 Å². The molecule has 1 aliphatic heterocycles. The van der Waals surface area contributed by atoms with Crippen molar-refractivity contribution >= 4 is 23.2 Å². The fraction of sp³-hybridized carbons (Fsp3) is 0.261. The van der Waals surface area contributed by atoms with E-state index in [1.807, 2.05) is 17.0 Å². The van der Waals surface area contributed by atoms with Crippen LogP contribution in [0.25, 0.3) is 10.6 Å². The number of thiazole rings is 1. The van der Waals surface area contributed by atoms with Crippen LogP contribution < -0.4 is 5.32 Å². The van der Waals surface area contributed by atoms with E-state index in [9.17, 15) is 14.0 Å². The normalized spacial score (nSPS) is 13.0. The van der Waals surface area contributed by atoms with Crippen LogP contribution in [0.15, 0.2) is 53.9 Å². The van der Waals surface area contributed by atoms with Gasteiger partial charge in [-0.1, -0.05) is 36.4 Å². The number of amides is 2. The smallest absolute Gasteiger partial charge is 0.270 e. The summed E-state index contributed by atoms with van der Waals surface area (Å²) in [4.78, 5) is 30.9. The van der Waals surface area contributed by atoms with Gasteiger partial charge >= 0.3 is 0 Å². The summed E-state index contributed by atoms with van der Waals surface area (Å²) < 4.78 is 13.9. The zero-order chi connectivity index (χ0) is 20.9. The van der Waals surface area contributed by atoms with Crippen LogP contribution in [0.2, 0.25) is 0 Å². The first-order valence-electron chi connectivity index (χ1n) is 9.95. The van der Waals surface area contributed by atoms with E-state index in [4.69, 9.17) is 0 Å². The van der Waals surface area contributed by atoms with Gasteiger partial charge < -0.3 is 10.2 Å². The van der Waals surface area contributed by atoms with E-state index in [-0.39, 0.29) is 23.3 Å². The van der Waals surface area contributed by atoms with Gasteiger partial charge in [-0.3, -0.25) is 9.59 Å². The molecule has 2 aromatic carbocycles. The fourth-order valence-corrected chi connectivity index (χ4v) is 4.36. The van der Waals surface area contributed by atoms with Crippen LogP contribution >= 0.6 is 11.3 Å². The Bertz CT molecular complexity index is 1070. The molecule has 1 N–H and O–H groups in total. The van der Waals surface area contributed by atoms with Crippen molar-refractivity contribution in [1.82, 2.24) is 15.2 Å². The van der Waals surface area contributed by atoms with Crippen molar-refractivity contribution in [2.75, 3.05) is 13.1 Å². The average molecular weight is 424 g/mol. The molecule has 0 fully saturated rings. The maximum atomic E-state index is 13.9. The van der Waals surface area contributed by atoms with Crippen LogP contribution in [-0.4, -0.2) is 34.8 Å². The van der Waals surface area contributed by atoms with Crippen molar-refractivity contribution in [3.05, 3.63) is 76.5 Å². The first-order valence-corrected chi connectivity index (χ1v) is 10.8. The lowest BCUT2D eigenvalue weighted by molar-refractivity contribution is -0.132. The summed E-state index contributed by atoms with van der Waals surface area (Å²) in [5.41, 5.74) is 3.17. The van der Waals surface area contributed by atoms with Gasteiger partial charge in [0.15, 0.2) is 0 Å². The van der Waals surface area contributed by atoms with E-state index < -0.39 is 0 Å². The van der Waals surface area contributed by atoms with E-state index in [2.05, 4.69) is 22.4 Å². The zero-order valence-electron chi connectivity index (χ0n) is 16.4. The van der Waals surface area contributed by atoms with Crippen LogP contribution in [0.5, 0.6) is 0 Å². The van der Waals surface area contributed by atoms with Gasteiger partial charge in [0.1, 0.15) is 16.5 Å². The molecule has 0 saturated heterocycles. The highest BCUT2D eigenvalue weighted by Crippen LogP contribution is 2.26. The molecule has 3 aromatic rings. The molecule has 0 aliphatic carbocycles. The van der Waals surface area contributed by atoms with E-state index in [0.717, 1.165) is 13.0 Å². The van der Waals surface area contributed by atoms with Crippen LogP contribution in [0.1, 0.15) is 34.5 Å². The Morgan fingerprint density at radius 1 is 1.10 bits per heavy atom. The van der Waals surface area contributed by atoms with E-state index in [1.54, 1.807) is 23.6 Å². The number of nitrogens with zero attached hydrogens (tertiary/aromatic N) is 2. The van der Waals surface area contributed by atoms with Crippen molar-refractivity contribution in [2.45, 2.75) is 25.8 Å². The van der Waals surface area contributed by atoms with Crippen LogP contribution in [0.4, 0.5) is 4.39 Å². The molecule has 7 heteroatoms. The van der Waals surface area contributed by atoms with Crippen molar-refractivity contribution in [3.8, 4) is 10.6 Å². The lowest BCUT2D eigenvalue weighted by atomic mass is 9.99. The number of halogens is 1. The summed E-state index contributed by atoms with van der Waals surface area (Å²) in [5.74, 6) is -0.569. The monoisotopic (exact) mass is 423 g/mol. The molecule has 30 heavy (non-hydrogen) atoms. The van der Waals surface area contributed by atoms with Crippen molar-refractivity contribution in [3.63, 3.8) is 0 Å². The second-order valence-corrected chi connectivity index (χ2v) is 8.07. The highest BCUT2D eigenvalue weighted by molar-refractivity contribution is 7.13. The third kappa shape index (κ3) is 4.57. The summed E-state index contributed by atoms with van der Waals surface area (Å²) in [6.07, 6.45) is 1.83. The minimum atomic E-state index is -0.363. The largest absolute Gasteiger partial charge is 0.351 e. The third-order valence-corrected chi connectivity index (χ3v) is 6.05. The fourth-order valence-electron chi connectivity index (χ4n) is 3.54. The van der Waals surface area contributed by atoms with Crippen molar-refractivity contribution in [1.29, 1.82) is 0 Å². The Morgan fingerprint density at radius 2 is 1.87 bits per heavy atom. The number of fused-ring (bicyclic) bond motifs is 1. The Labute approximate surface area is 178 Å². The second-order valence-electron chi connectivity index (χ2n) is 7.21. The molecule has 1 aromatic heterocycles. The Balaban J connectivity index is 1.24. The Hall–Kier alpha value is -3.06. The maximum Gasteiger partial charge on any atom is 0.270 e. The number of nitrogens with one attached hydrogen (secondary N) is 1. The van der Waals surface area contributed by atoms with E-state index >= 15 is 0 Å². The summed E-state index contributed by atoms with van der Waals surface area (Å²) in [5, 5.41) is 4.88. The third-order valence-electron chi connectivity index (χ3n) is 5.18. The summed E-state index contributed by atoms with van der Waals surface area (Å²) in [7, 11) is 0. The molecule has 0 radical (unpaired) electrons. The Kier molecular flexibility index (Phi) is 6.18.